The summed E-state index contributed by atoms with van der Waals surface area (Å²) >= 11 is 4.55. The maximum absolute atomic E-state index is 13.4. The topological polar surface area (TPSA) is 303 Å². The van der Waals surface area contributed by atoms with Crippen LogP contribution in [0.25, 0.3) is 0 Å². The van der Waals surface area contributed by atoms with Gasteiger partial charge in [0.15, 0.2) is 29.5 Å². The minimum atomic E-state index is -3.75. The lowest BCUT2D eigenvalue weighted by Gasteiger charge is -2.16. The Kier molecular flexibility index (Phi) is 22.2. The summed E-state index contributed by atoms with van der Waals surface area (Å²) in [6.45, 7) is 11.9. The number of hydrogen-bond acceptors (Lipinski definition) is 24. The van der Waals surface area contributed by atoms with Gasteiger partial charge < -0.3 is 16.0 Å². The largest absolute Gasteiger partial charge is 0.353 e. The number of carbonyl (C=O) groups excluding carboxylic acids is 3. The number of aliphatic imine (C=N–C) groups is 6. The first-order valence-electron chi connectivity index (χ1n) is 35.3. The maximum Gasteiger partial charge on any atom is 0.277 e. The highest BCUT2D eigenvalue weighted by Crippen LogP contribution is 2.53. The predicted molar refractivity (Wildman–Crippen MR) is 416 cm³/mol. The Morgan fingerprint density at radius 3 is 0.833 bits per heavy atom. The minimum absolute atomic E-state index is 0.0418. The summed E-state index contributed by atoms with van der Waals surface area (Å²) in [6.07, 6.45) is -8.97. The van der Waals surface area contributed by atoms with Gasteiger partial charge in [-0.25, -0.2) is 92.9 Å². The van der Waals surface area contributed by atoms with Crippen molar-refractivity contribution >= 4 is 166 Å². The lowest BCUT2D eigenvalue weighted by Crippen LogP contribution is -2.15. The van der Waals surface area contributed by atoms with Crippen molar-refractivity contribution in [1.29, 1.82) is 0 Å². The van der Waals surface area contributed by atoms with Crippen molar-refractivity contribution in [2.24, 2.45) is 47.7 Å². The fourth-order valence-corrected chi connectivity index (χ4v) is 19.2. The average Bonchev–Trinajstić information content (AvgIpc) is 1.61. The third kappa shape index (κ3) is 18.8. The molecule has 0 saturated heterocycles. The number of carbonyl (C=O) groups is 3. The number of halogens is 12. The van der Waals surface area contributed by atoms with Gasteiger partial charge in [-0.15, -0.1) is 35.3 Å². The molecule has 6 aromatic rings. The standard InChI is InChI=1S/3C25H24F4N4O3S2/c3*1-24(2)11-37-23(33-24)12-4-5-15(20(6-12)38(3,35)36)31-16-7-13(8-19(34)14-10-25(14,28)29)30-17-9-18(22(26)27)32-21(16)17/h3*4-7,14,22H,8-11H2,1-3H3,(H,30,31)/t2*14-;/m10./s1. The van der Waals surface area contributed by atoms with E-state index in [2.05, 4.69) is 60.9 Å². The Bertz CT molecular complexity index is 5100. The SMILES string of the molecule is CC1(C)CSC(c2ccc(Nc3cc(CC(=O)C4CC4(F)F)nc4c3N=C(C(F)F)C4)c(S(C)(=O)=O)c2)=N1.CC1(C)CSC(c2ccc(Nc3cc(CC(=O)[C@@H]4CC4(F)F)nc4c3N=C(C(F)F)C4)c(S(C)(=O)=O)c2)=N1.CC1(C)CSC(c2ccc(Nc3cc(CC(=O)[C@H]4CC4(F)F)nc4c3N=C(C(F)F)C4)c(S(C)(=O)=O)c2)=N1. The summed E-state index contributed by atoms with van der Waals surface area (Å²) in [5.74, 6) is -13.1. The summed E-state index contributed by atoms with van der Waals surface area (Å²) in [5.41, 5.74) is 1.82. The van der Waals surface area contributed by atoms with Gasteiger partial charge >= 0.3 is 0 Å². The molecule has 9 aliphatic rings. The maximum atomic E-state index is 13.4. The molecule has 3 fully saturated rings. The molecular weight excluding hydrogens is 1630 g/mol. The van der Waals surface area contributed by atoms with Crippen molar-refractivity contribution in [1.82, 2.24) is 15.0 Å². The number of thioether (sulfide) groups is 3. The van der Waals surface area contributed by atoms with Crippen molar-refractivity contribution in [3.05, 3.63) is 124 Å². The highest BCUT2D eigenvalue weighted by molar-refractivity contribution is 8.15. The van der Waals surface area contributed by atoms with Crippen molar-refractivity contribution in [2.75, 3.05) is 52.0 Å². The number of fused-ring (bicyclic) bond motifs is 3. The molecule has 3 saturated carbocycles. The van der Waals surface area contributed by atoms with Gasteiger partial charge in [-0.2, -0.15) is 0 Å². The van der Waals surface area contributed by atoms with Crippen LogP contribution in [-0.4, -0.2) is 180 Å². The van der Waals surface area contributed by atoms with E-state index in [-0.39, 0.29) is 136 Å². The molecule has 21 nitrogen and oxygen atoms in total. The summed E-state index contributed by atoms with van der Waals surface area (Å²) in [4.78, 5) is 75.6. The first-order chi connectivity index (χ1) is 52.9. The van der Waals surface area contributed by atoms with E-state index in [1.807, 2.05) is 41.5 Å². The van der Waals surface area contributed by atoms with Crippen LogP contribution in [0.5, 0.6) is 0 Å². The van der Waals surface area contributed by atoms with Crippen LogP contribution < -0.4 is 16.0 Å². The summed E-state index contributed by atoms with van der Waals surface area (Å²) < 4.78 is 237. The van der Waals surface area contributed by atoms with Crippen LogP contribution in [0.3, 0.4) is 0 Å². The second-order valence-corrected chi connectivity index (χ2v) is 39.8. The highest BCUT2D eigenvalue weighted by atomic mass is 32.2. The van der Waals surface area contributed by atoms with Crippen molar-refractivity contribution in [2.45, 2.75) is 168 Å². The van der Waals surface area contributed by atoms with Crippen LogP contribution in [0.4, 0.5) is 104 Å². The summed E-state index contributed by atoms with van der Waals surface area (Å²) in [6, 6.07) is 18.4. The molecule has 1 unspecified atom stereocenters. The number of alkyl halides is 12. The van der Waals surface area contributed by atoms with E-state index in [1.165, 1.54) is 71.7 Å². The number of rotatable bonds is 24. The van der Waals surface area contributed by atoms with Crippen LogP contribution in [0.1, 0.15) is 112 Å². The van der Waals surface area contributed by atoms with E-state index in [1.54, 1.807) is 36.4 Å². The van der Waals surface area contributed by atoms with E-state index in [0.717, 1.165) is 36.0 Å². The van der Waals surface area contributed by atoms with Crippen molar-refractivity contribution in [3.8, 4) is 0 Å². The van der Waals surface area contributed by atoms with Gasteiger partial charge in [-0.1, -0.05) is 18.2 Å². The lowest BCUT2D eigenvalue weighted by molar-refractivity contribution is -0.122. The molecule has 114 heavy (non-hydrogen) atoms. The van der Waals surface area contributed by atoms with Crippen molar-refractivity contribution < 1.29 is 92.3 Å². The number of nitrogens with zero attached hydrogens (tertiary/aromatic N) is 9. The molecule has 15 rings (SSSR count). The van der Waals surface area contributed by atoms with Gasteiger partial charge in [-0.05, 0) is 96.1 Å². The molecule has 3 aromatic heterocycles. The highest BCUT2D eigenvalue weighted by Gasteiger charge is 2.62. The van der Waals surface area contributed by atoms with Gasteiger partial charge in [-0.3, -0.25) is 44.3 Å². The molecule has 9 heterocycles. The second kappa shape index (κ2) is 30.3. The van der Waals surface area contributed by atoms with E-state index in [4.69, 9.17) is 0 Å². The van der Waals surface area contributed by atoms with Crippen LogP contribution in [-0.2, 0) is 82.4 Å². The number of sulfone groups is 3. The summed E-state index contributed by atoms with van der Waals surface area (Å²) in [5, 5.41) is 11.0. The molecule has 3 aromatic carbocycles. The molecule has 0 amide bonds. The molecule has 0 radical (unpaired) electrons. The Balaban J connectivity index is 0.000000149. The fraction of sp³-hybridized carbons (Fsp3) is 0.440. The molecule has 0 spiro atoms. The predicted octanol–water partition coefficient (Wildman–Crippen LogP) is 15.5. The van der Waals surface area contributed by atoms with Crippen LogP contribution in [0.2, 0.25) is 0 Å². The monoisotopic (exact) mass is 1700 g/mol. The molecule has 3 N–H and O–H groups in total. The van der Waals surface area contributed by atoms with E-state index in [0.29, 0.717) is 31.8 Å². The van der Waals surface area contributed by atoms with Crippen LogP contribution in [0, 0.1) is 17.8 Å². The molecule has 3 atom stereocenters. The minimum Gasteiger partial charge on any atom is -0.353 e. The number of hydrogen-bond donors (Lipinski definition) is 3. The molecule has 606 valence electrons. The summed E-state index contributed by atoms with van der Waals surface area (Å²) in [7, 11) is -11.3. The van der Waals surface area contributed by atoms with Gasteiger partial charge in [0.2, 0.25) is 0 Å². The zero-order chi connectivity index (χ0) is 82.9. The lowest BCUT2D eigenvalue weighted by atomic mass is 10.1. The second-order valence-electron chi connectivity index (χ2n) is 31.0. The average molecular weight is 1710 g/mol. The number of ketones is 3. The zero-order valence-electron chi connectivity index (χ0n) is 62.1. The molecular formula is C75H72F12N12O9S6. The zero-order valence-corrected chi connectivity index (χ0v) is 67.0. The smallest absolute Gasteiger partial charge is 0.277 e. The van der Waals surface area contributed by atoms with E-state index in [9.17, 15) is 92.3 Å². The van der Waals surface area contributed by atoms with Gasteiger partial charge in [0.25, 0.3) is 37.0 Å². The normalized spacial score (nSPS) is 21.2. The van der Waals surface area contributed by atoms with Gasteiger partial charge in [0.1, 0.15) is 34.4 Å². The molecule has 0 bridgehead atoms. The molecule has 39 heteroatoms. The number of benzene rings is 3. The molecule has 3 aliphatic carbocycles. The Labute approximate surface area is 659 Å². The third-order valence-corrected chi connectivity index (χ3v) is 27.0. The van der Waals surface area contributed by atoms with Crippen molar-refractivity contribution in [3.63, 3.8) is 0 Å². The van der Waals surface area contributed by atoms with E-state index >= 15 is 0 Å². The third-order valence-electron chi connectivity index (χ3n) is 19.2. The number of aromatic nitrogens is 3. The fourth-order valence-electron chi connectivity index (χ4n) is 13.1. The number of anilines is 6. The number of Topliss-reactive ketones (excluding diaryl/α,β-unsaturated/α-hetero) is 3. The van der Waals surface area contributed by atoms with Crippen LogP contribution in [0.15, 0.2) is 117 Å². The number of nitrogens with one attached hydrogen (secondary N) is 3. The van der Waals surface area contributed by atoms with E-state index < -0.39 is 157 Å². The quantitative estimate of drug-likeness (QED) is 0.0474. The first-order valence-corrected chi connectivity index (χ1v) is 43.9. The number of pyridine rings is 3. The van der Waals surface area contributed by atoms with Gasteiger partial charge in [0.05, 0.1) is 150 Å². The van der Waals surface area contributed by atoms with Gasteiger partial charge in [0, 0.05) is 111 Å². The van der Waals surface area contributed by atoms with Crippen LogP contribution >= 0.6 is 35.3 Å². The molecule has 6 aliphatic heterocycles. The first kappa shape index (κ1) is 83.5. The Morgan fingerprint density at radius 1 is 0.404 bits per heavy atom. The Morgan fingerprint density at radius 2 is 0.640 bits per heavy atom. The Hall–Kier alpha value is -8.40.